The molecule has 0 unspecified atom stereocenters. The van der Waals surface area contributed by atoms with Gasteiger partial charge in [0, 0.05) is 19.2 Å². The number of carbonyl (C=O) groups is 1. The lowest BCUT2D eigenvalue weighted by Gasteiger charge is -2.22. The van der Waals surface area contributed by atoms with Crippen LogP contribution < -0.4 is 10.1 Å². The minimum absolute atomic E-state index is 0.153. The molecule has 2 aromatic rings. The summed E-state index contributed by atoms with van der Waals surface area (Å²) in [6, 6.07) is 11.2. The van der Waals surface area contributed by atoms with Crippen molar-refractivity contribution in [2.45, 2.75) is 6.54 Å². The van der Waals surface area contributed by atoms with Crippen molar-refractivity contribution in [1.29, 1.82) is 0 Å². The average molecular weight is 318 g/mol. The molecule has 1 aromatic carbocycles. The van der Waals surface area contributed by atoms with E-state index in [-0.39, 0.29) is 6.03 Å². The maximum atomic E-state index is 12.3. The van der Waals surface area contributed by atoms with E-state index in [2.05, 4.69) is 5.32 Å². The van der Waals surface area contributed by atoms with E-state index in [0.717, 1.165) is 11.3 Å². The topological polar surface area (TPSA) is 63.9 Å². The summed E-state index contributed by atoms with van der Waals surface area (Å²) in [5, 5.41) is 2.85. The molecule has 2 amide bonds. The van der Waals surface area contributed by atoms with E-state index in [1.807, 2.05) is 36.4 Å². The highest BCUT2D eigenvalue weighted by molar-refractivity contribution is 5.74. The molecule has 0 spiro atoms. The summed E-state index contributed by atoms with van der Waals surface area (Å²) < 4.78 is 15.6. The first-order valence-corrected chi connectivity index (χ1v) is 7.50. The quantitative estimate of drug-likeness (QED) is 0.722. The number of nitrogens with one attached hydrogen (secondary N) is 1. The van der Waals surface area contributed by atoms with Crippen molar-refractivity contribution in [3.05, 3.63) is 54.5 Å². The van der Waals surface area contributed by atoms with Crippen molar-refractivity contribution in [3.63, 3.8) is 0 Å². The number of para-hydroxylation sites is 1. The molecule has 0 aliphatic heterocycles. The Morgan fingerprint density at radius 2 is 2.04 bits per heavy atom. The number of hydrogen-bond donors (Lipinski definition) is 1. The van der Waals surface area contributed by atoms with Crippen molar-refractivity contribution in [1.82, 2.24) is 10.2 Å². The number of benzene rings is 1. The van der Waals surface area contributed by atoms with Gasteiger partial charge in [0.25, 0.3) is 0 Å². The molecule has 1 heterocycles. The van der Waals surface area contributed by atoms with Crippen LogP contribution in [0.2, 0.25) is 0 Å². The Kier molecular flexibility index (Phi) is 7.00. The molecule has 6 nitrogen and oxygen atoms in total. The third kappa shape index (κ3) is 6.04. The molecule has 0 bridgehead atoms. The highest BCUT2D eigenvalue weighted by Gasteiger charge is 2.13. The van der Waals surface area contributed by atoms with Crippen LogP contribution in [0.3, 0.4) is 0 Å². The lowest BCUT2D eigenvalue weighted by Crippen LogP contribution is -2.42. The molecule has 23 heavy (non-hydrogen) atoms. The Bertz CT molecular complexity index is 557. The molecule has 2 rings (SSSR count). The number of urea groups is 1. The number of nitrogens with zero attached hydrogens (tertiary/aromatic N) is 1. The third-order valence-corrected chi connectivity index (χ3v) is 3.20. The molecule has 124 valence electrons. The molecule has 0 atom stereocenters. The molecule has 0 saturated heterocycles. The second-order valence-corrected chi connectivity index (χ2v) is 4.94. The maximum absolute atomic E-state index is 12.3. The Morgan fingerprint density at radius 3 is 2.74 bits per heavy atom. The first kappa shape index (κ1) is 16.9. The molecule has 0 saturated carbocycles. The van der Waals surface area contributed by atoms with E-state index in [4.69, 9.17) is 13.9 Å². The first-order valence-electron chi connectivity index (χ1n) is 7.50. The predicted molar refractivity (Wildman–Crippen MR) is 86.3 cm³/mol. The van der Waals surface area contributed by atoms with E-state index in [9.17, 15) is 4.79 Å². The van der Waals surface area contributed by atoms with E-state index in [1.54, 1.807) is 24.5 Å². The standard InChI is InChI=1S/C17H22N2O4/c1-21-12-9-19(13-15-7-10-22-14-15)17(20)18-8-11-23-16-5-3-2-4-6-16/h2-7,10,14H,8-9,11-13H2,1H3,(H,18,20). The SMILES string of the molecule is COCCN(Cc1ccoc1)C(=O)NCCOc1ccccc1. The van der Waals surface area contributed by atoms with E-state index in [0.29, 0.717) is 32.8 Å². The zero-order valence-electron chi connectivity index (χ0n) is 13.2. The van der Waals surface area contributed by atoms with Gasteiger partial charge in [-0.3, -0.25) is 0 Å². The van der Waals surface area contributed by atoms with Gasteiger partial charge < -0.3 is 24.1 Å². The molecule has 1 N–H and O–H groups in total. The number of amides is 2. The summed E-state index contributed by atoms with van der Waals surface area (Å²) in [5.74, 6) is 0.788. The van der Waals surface area contributed by atoms with Crippen LogP contribution >= 0.6 is 0 Å². The summed E-state index contributed by atoms with van der Waals surface area (Å²) >= 11 is 0. The number of ether oxygens (including phenoxy) is 2. The highest BCUT2D eigenvalue weighted by atomic mass is 16.5. The Labute approximate surface area is 136 Å². The van der Waals surface area contributed by atoms with E-state index >= 15 is 0 Å². The van der Waals surface area contributed by atoms with Crippen LogP contribution in [-0.4, -0.2) is 44.3 Å². The number of carbonyl (C=O) groups excluding carboxylic acids is 1. The fourth-order valence-electron chi connectivity index (χ4n) is 2.01. The summed E-state index contributed by atoms with van der Waals surface area (Å²) in [7, 11) is 1.61. The first-order chi connectivity index (χ1) is 11.3. The van der Waals surface area contributed by atoms with E-state index < -0.39 is 0 Å². The van der Waals surface area contributed by atoms with Crippen LogP contribution in [0.15, 0.2) is 53.3 Å². The molecule has 1 aromatic heterocycles. The number of furan rings is 1. The summed E-state index contributed by atoms with van der Waals surface area (Å²) in [5.41, 5.74) is 0.941. The average Bonchev–Trinajstić information content (AvgIpc) is 3.09. The van der Waals surface area contributed by atoms with Crippen molar-refractivity contribution >= 4 is 6.03 Å². The number of rotatable bonds is 9. The molecule has 6 heteroatoms. The van der Waals surface area contributed by atoms with Crippen molar-refractivity contribution < 1.29 is 18.7 Å². The highest BCUT2D eigenvalue weighted by Crippen LogP contribution is 2.08. The van der Waals surface area contributed by atoms with Crippen LogP contribution in [0.5, 0.6) is 5.75 Å². The molecule has 0 aliphatic rings. The monoisotopic (exact) mass is 318 g/mol. The zero-order valence-corrected chi connectivity index (χ0v) is 13.2. The molecule has 0 radical (unpaired) electrons. The van der Waals surface area contributed by atoms with Crippen LogP contribution in [-0.2, 0) is 11.3 Å². The van der Waals surface area contributed by atoms with Gasteiger partial charge in [0.2, 0.25) is 0 Å². The Hall–Kier alpha value is -2.47. The number of methoxy groups -OCH3 is 1. The van der Waals surface area contributed by atoms with Gasteiger partial charge in [-0.1, -0.05) is 18.2 Å². The second kappa shape index (κ2) is 9.53. The lowest BCUT2D eigenvalue weighted by molar-refractivity contribution is 0.145. The minimum atomic E-state index is -0.153. The van der Waals surface area contributed by atoms with Gasteiger partial charge in [-0.25, -0.2) is 4.79 Å². The van der Waals surface area contributed by atoms with Crippen LogP contribution in [0.1, 0.15) is 5.56 Å². The van der Waals surface area contributed by atoms with Crippen molar-refractivity contribution in [2.75, 3.05) is 33.4 Å². The molecule has 0 fully saturated rings. The normalized spacial score (nSPS) is 10.3. The Morgan fingerprint density at radius 1 is 1.22 bits per heavy atom. The predicted octanol–water partition coefficient (Wildman–Crippen LogP) is 2.52. The molecular formula is C17H22N2O4. The van der Waals surface area contributed by atoms with E-state index in [1.165, 1.54) is 0 Å². The van der Waals surface area contributed by atoms with Crippen LogP contribution in [0.4, 0.5) is 4.79 Å². The Balaban J connectivity index is 1.75. The number of hydrogen-bond acceptors (Lipinski definition) is 4. The molecular weight excluding hydrogens is 296 g/mol. The zero-order chi connectivity index (χ0) is 16.3. The lowest BCUT2D eigenvalue weighted by atomic mass is 10.3. The van der Waals surface area contributed by atoms with Gasteiger partial charge in [-0.2, -0.15) is 0 Å². The fraction of sp³-hybridized carbons (Fsp3) is 0.353. The fourth-order valence-corrected chi connectivity index (χ4v) is 2.01. The van der Waals surface area contributed by atoms with Crippen LogP contribution in [0.25, 0.3) is 0 Å². The van der Waals surface area contributed by atoms with Crippen molar-refractivity contribution in [3.8, 4) is 5.75 Å². The van der Waals surface area contributed by atoms with Gasteiger partial charge in [-0.05, 0) is 18.2 Å². The molecule has 0 aliphatic carbocycles. The van der Waals surface area contributed by atoms with Gasteiger partial charge in [0.15, 0.2) is 0 Å². The largest absolute Gasteiger partial charge is 0.492 e. The maximum Gasteiger partial charge on any atom is 0.317 e. The second-order valence-electron chi connectivity index (χ2n) is 4.94. The summed E-state index contributed by atoms with van der Waals surface area (Å²) in [6.07, 6.45) is 3.22. The minimum Gasteiger partial charge on any atom is -0.492 e. The van der Waals surface area contributed by atoms with Crippen molar-refractivity contribution in [2.24, 2.45) is 0 Å². The van der Waals surface area contributed by atoms with Gasteiger partial charge in [-0.15, -0.1) is 0 Å². The van der Waals surface area contributed by atoms with Gasteiger partial charge >= 0.3 is 6.03 Å². The summed E-state index contributed by atoms with van der Waals surface area (Å²) in [6.45, 7) is 2.31. The summed E-state index contributed by atoms with van der Waals surface area (Å²) in [4.78, 5) is 13.9. The van der Waals surface area contributed by atoms with Crippen LogP contribution in [0, 0.1) is 0 Å². The third-order valence-electron chi connectivity index (χ3n) is 3.20. The van der Waals surface area contributed by atoms with Gasteiger partial charge in [0.1, 0.15) is 12.4 Å². The smallest absolute Gasteiger partial charge is 0.317 e. The van der Waals surface area contributed by atoms with Gasteiger partial charge in [0.05, 0.1) is 32.2 Å².